The van der Waals surface area contributed by atoms with E-state index >= 15 is 0 Å². The monoisotopic (exact) mass is 387 g/mol. The number of hydrogen-bond donors (Lipinski definition) is 2. The molecule has 1 aliphatic carbocycles. The molecule has 3 aromatic heterocycles. The Labute approximate surface area is 158 Å². The summed E-state index contributed by atoms with van der Waals surface area (Å²) in [6.45, 7) is 1.92. The minimum atomic E-state index is -4.35. The van der Waals surface area contributed by atoms with E-state index in [4.69, 9.17) is 5.73 Å². The maximum absolute atomic E-state index is 12.7. The van der Waals surface area contributed by atoms with Crippen molar-refractivity contribution in [2.75, 3.05) is 11.1 Å². The number of nitrogens with two attached hydrogens (primary N) is 1. The summed E-state index contributed by atoms with van der Waals surface area (Å²) >= 11 is 0. The lowest BCUT2D eigenvalue weighted by molar-refractivity contribution is -0.153. The van der Waals surface area contributed by atoms with Crippen LogP contribution in [0.1, 0.15) is 12.0 Å². The second kappa shape index (κ2) is 6.43. The lowest BCUT2D eigenvalue weighted by Crippen LogP contribution is -2.20. The minimum Gasteiger partial charge on any atom is -0.383 e. The molecule has 144 valence electrons. The van der Waals surface area contributed by atoms with Crippen LogP contribution < -0.4 is 11.1 Å². The second-order valence-corrected chi connectivity index (χ2v) is 6.85. The highest BCUT2D eigenvalue weighted by Crippen LogP contribution is 2.50. The number of hydrogen-bond acceptors (Lipinski definition) is 5. The standard InChI is InChI=1S/C19H16F3N5O/c1-9-2-3-24-7-12(9)15-4-10-5-16(25-8-13(10)17(23)26-15)27-18(28)11-6-14(11)19(20,21)22/h2-5,7-8,11,14H,6H2,1H3,(H2,23,26)(H,25,27,28)/t11-,14?/m0/s1. The van der Waals surface area contributed by atoms with Crippen LogP contribution in [0.3, 0.4) is 0 Å². The van der Waals surface area contributed by atoms with Crippen molar-refractivity contribution in [1.82, 2.24) is 15.0 Å². The number of pyridine rings is 3. The summed E-state index contributed by atoms with van der Waals surface area (Å²) in [6.07, 6.45) is 0.255. The lowest BCUT2D eigenvalue weighted by Gasteiger charge is -2.10. The summed E-state index contributed by atoms with van der Waals surface area (Å²) in [4.78, 5) is 24.6. The molecule has 1 unspecified atom stereocenters. The second-order valence-electron chi connectivity index (χ2n) is 6.85. The fourth-order valence-corrected chi connectivity index (χ4v) is 3.18. The summed E-state index contributed by atoms with van der Waals surface area (Å²) < 4.78 is 38.0. The maximum atomic E-state index is 12.7. The van der Waals surface area contributed by atoms with Crippen molar-refractivity contribution in [3.8, 4) is 11.3 Å². The first kappa shape index (κ1) is 18.1. The number of carbonyl (C=O) groups excluding carboxylic acids is 1. The number of fused-ring (bicyclic) bond motifs is 1. The molecule has 28 heavy (non-hydrogen) atoms. The highest BCUT2D eigenvalue weighted by molar-refractivity contribution is 5.98. The van der Waals surface area contributed by atoms with Gasteiger partial charge in [-0.05, 0) is 42.5 Å². The van der Waals surface area contributed by atoms with Gasteiger partial charge in [-0.3, -0.25) is 9.78 Å². The Morgan fingerprint density at radius 3 is 2.75 bits per heavy atom. The molecule has 3 aromatic rings. The van der Waals surface area contributed by atoms with Crippen LogP contribution in [0.5, 0.6) is 0 Å². The van der Waals surface area contributed by atoms with E-state index in [2.05, 4.69) is 20.3 Å². The summed E-state index contributed by atoms with van der Waals surface area (Å²) in [5.74, 6) is -2.88. The molecule has 0 spiro atoms. The number of nitrogens with one attached hydrogen (secondary N) is 1. The number of alkyl halides is 3. The van der Waals surface area contributed by atoms with E-state index in [9.17, 15) is 18.0 Å². The Morgan fingerprint density at radius 2 is 2.07 bits per heavy atom. The van der Waals surface area contributed by atoms with Gasteiger partial charge in [0.25, 0.3) is 0 Å². The summed E-state index contributed by atoms with van der Waals surface area (Å²) in [5.41, 5.74) is 8.42. The summed E-state index contributed by atoms with van der Waals surface area (Å²) in [7, 11) is 0. The van der Waals surface area contributed by atoms with Crippen LogP contribution in [0.2, 0.25) is 0 Å². The lowest BCUT2D eigenvalue weighted by atomic mass is 10.1. The number of aromatic nitrogens is 3. The van der Waals surface area contributed by atoms with Crippen molar-refractivity contribution < 1.29 is 18.0 Å². The Hall–Kier alpha value is -3.23. The number of amides is 1. The molecule has 1 saturated carbocycles. The molecule has 0 bridgehead atoms. The van der Waals surface area contributed by atoms with Crippen molar-refractivity contribution in [1.29, 1.82) is 0 Å². The van der Waals surface area contributed by atoms with Crippen LogP contribution in [-0.4, -0.2) is 27.0 Å². The highest BCUT2D eigenvalue weighted by atomic mass is 19.4. The Kier molecular flexibility index (Phi) is 4.17. The Morgan fingerprint density at radius 1 is 1.29 bits per heavy atom. The summed E-state index contributed by atoms with van der Waals surface area (Å²) in [6, 6.07) is 5.20. The van der Waals surface area contributed by atoms with Gasteiger partial charge in [0.2, 0.25) is 5.91 Å². The zero-order valence-electron chi connectivity index (χ0n) is 14.8. The molecule has 2 atom stereocenters. The van der Waals surface area contributed by atoms with Crippen molar-refractivity contribution in [2.45, 2.75) is 19.5 Å². The first-order chi connectivity index (χ1) is 13.2. The van der Waals surface area contributed by atoms with Gasteiger partial charge in [0.05, 0.1) is 17.5 Å². The average Bonchev–Trinajstić information content (AvgIpc) is 3.43. The normalized spacial score (nSPS) is 18.9. The molecule has 0 aliphatic heterocycles. The van der Waals surface area contributed by atoms with E-state index in [0.717, 1.165) is 11.1 Å². The molecule has 1 aliphatic rings. The third-order valence-electron chi connectivity index (χ3n) is 4.86. The van der Waals surface area contributed by atoms with E-state index in [-0.39, 0.29) is 18.1 Å². The third-order valence-corrected chi connectivity index (χ3v) is 4.86. The van der Waals surface area contributed by atoms with Gasteiger partial charge in [0.1, 0.15) is 11.6 Å². The molecule has 0 aromatic carbocycles. The van der Waals surface area contributed by atoms with Crippen LogP contribution in [0.4, 0.5) is 24.8 Å². The molecule has 6 nitrogen and oxygen atoms in total. The highest BCUT2D eigenvalue weighted by Gasteiger charge is 2.58. The van der Waals surface area contributed by atoms with Crippen LogP contribution in [0.25, 0.3) is 22.0 Å². The zero-order valence-corrected chi connectivity index (χ0v) is 14.8. The van der Waals surface area contributed by atoms with Gasteiger partial charge in [-0.1, -0.05) is 0 Å². The number of rotatable bonds is 3. The average molecular weight is 387 g/mol. The van der Waals surface area contributed by atoms with E-state index < -0.39 is 23.9 Å². The van der Waals surface area contributed by atoms with Crippen molar-refractivity contribution in [2.24, 2.45) is 11.8 Å². The van der Waals surface area contributed by atoms with Gasteiger partial charge >= 0.3 is 6.18 Å². The molecular weight excluding hydrogens is 371 g/mol. The fourth-order valence-electron chi connectivity index (χ4n) is 3.18. The van der Waals surface area contributed by atoms with Crippen LogP contribution in [0, 0.1) is 18.8 Å². The van der Waals surface area contributed by atoms with E-state index in [1.54, 1.807) is 24.5 Å². The Bertz CT molecular complexity index is 1080. The van der Waals surface area contributed by atoms with E-state index in [1.165, 1.54) is 6.20 Å². The van der Waals surface area contributed by atoms with Crippen LogP contribution in [-0.2, 0) is 4.79 Å². The molecule has 1 amide bonds. The van der Waals surface area contributed by atoms with Crippen LogP contribution in [0.15, 0.2) is 36.8 Å². The largest absolute Gasteiger partial charge is 0.392 e. The molecule has 3 heterocycles. The van der Waals surface area contributed by atoms with Crippen LogP contribution >= 0.6 is 0 Å². The Balaban J connectivity index is 1.63. The maximum Gasteiger partial charge on any atom is 0.392 e. The molecule has 0 saturated heterocycles. The molecule has 9 heteroatoms. The number of anilines is 2. The molecule has 4 rings (SSSR count). The third kappa shape index (κ3) is 3.35. The van der Waals surface area contributed by atoms with Crippen molar-refractivity contribution >= 4 is 28.3 Å². The number of nitrogen functional groups attached to an aromatic ring is 1. The predicted molar refractivity (Wildman–Crippen MR) is 98.2 cm³/mol. The smallest absolute Gasteiger partial charge is 0.383 e. The van der Waals surface area contributed by atoms with Gasteiger partial charge in [-0.25, -0.2) is 9.97 Å². The van der Waals surface area contributed by atoms with Crippen molar-refractivity contribution in [3.63, 3.8) is 0 Å². The zero-order chi connectivity index (χ0) is 20.1. The van der Waals surface area contributed by atoms with Gasteiger partial charge < -0.3 is 11.1 Å². The molecule has 3 N–H and O–H groups in total. The molecule has 0 radical (unpaired) electrons. The number of carbonyl (C=O) groups is 1. The van der Waals surface area contributed by atoms with Gasteiger partial charge in [0.15, 0.2) is 0 Å². The molecular formula is C19H16F3N5O. The fraction of sp³-hybridized carbons (Fsp3) is 0.263. The number of halogens is 3. The van der Waals surface area contributed by atoms with E-state index in [0.29, 0.717) is 16.5 Å². The number of nitrogens with zero attached hydrogens (tertiary/aromatic N) is 3. The first-order valence-electron chi connectivity index (χ1n) is 8.59. The first-order valence-corrected chi connectivity index (χ1v) is 8.59. The van der Waals surface area contributed by atoms with Gasteiger partial charge in [-0.2, -0.15) is 13.2 Å². The van der Waals surface area contributed by atoms with E-state index in [1.807, 2.05) is 13.0 Å². The van der Waals surface area contributed by atoms with Gasteiger partial charge in [0, 0.05) is 29.5 Å². The minimum absolute atomic E-state index is 0.171. The SMILES string of the molecule is Cc1ccncc1-c1cc2cc(NC(=O)[C@H]3CC3C(F)(F)F)ncc2c(N)n1. The molecule has 1 fully saturated rings. The predicted octanol–water partition coefficient (Wildman–Crippen LogP) is 3.72. The van der Waals surface area contributed by atoms with Gasteiger partial charge in [-0.15, -0.1) is 0 Å². The van der Waals surface area contributed by atoms with Crippen molar-refractivity contribution in [3.05, 3.63) is 42.4 Å². The number of aryl methyl sites for hydroxylation is 1. The quantitative estimate of drug-likeness (QED) is 0.714. The summed E-state index contributed by atoms with van der Waals surface area (Å²) in [5, 5.41) is 3.72. The topological polar surface area (TPSA) is 93.8 Å².